The zero-order chi connectivity index (χ0) is 35.0. The zero-order valence-electron chi connectivity index (χ0n) is 27.2. The van der Waals surface area contributed by atoms with Crippen LogP contribution in [0.4, 0.5) is 5.69 Å². The molecular weight excluding hydrogens is 648 g/mol. The second kappa shape index (κ2) is 15.7. The minimum Gasteiger partial charge on any atom is -0.458 e. The summed E-state index contributed by atoms with van der Waals surface area (Å²) in [5, 5.41) is 5.88. The van der Waals surface area contributed by atoms with E-state index in [4.69, 9.17) is 19.8 Å². The molecular formula is C35H36N6O7S. The number of azide groups is 1. The van der Waals surface area contributed by atoms with E-state index >= 15 is 0 Å². The fourth-order valence-corrected chi connectivity index (χ4v) is 6.71. The molecule has 0 aromatic heterocycles. The Hall–Kier alpha value is -5.30. The molecule has 2 amide bonds. The molecule has 49 heavy (non-hydrogen) atoms. The normalized spacial score (nSPS) is 17.0. The lowest BCUT2D eigenvalue weighted by atomic mass is 10.0. The summed E-state index contributed by atoms with van der Waals surface area (Å²) >= 11 is 1.35. The first kappa shape index (κ1) is 35.0. The van der Waals surface area contributed by atoms with E-state index in [2.05, 4.69) is 20.8 Å². The molecule has 13 nitrogen and oxygen atoms in total. The predicted octanol–water partition coefficient (Wildman–Crippen LogP) is 5.21. The van der Waals surface area contributed by atoms with Gasteiger partial charge in [-0.25, -0.2) is 9.59 Å². The summed E-state index contributed by atoms with van der Waals surface area (Å²) < 4.78 is 11.3. The molecule has 5 rings (SSSR count). The maximum Gasteiger partial charge on any atom is 0.356 e. The average Bonchev–Trinajstić information content (AvgIpc) is 3.08. The third kappa shape index (κ3) is 8.79. The van der Waals surface area contributed by atoms with Gasteiger partial charge < -0.3 is 14.8 Å². The first-order chi connectivity index (χ1) is 23.6. The smallest absolute Gasteiger partial charge is 0.356 e. The third-order valence-corrected chi connectivity index (χ3v) is 8.81. The van der Waals surface area contributed by atoms with Gasteiger partial charge in [-0.1, -0.05) is 84.0 Å². The van der Waals surface area contributed by atoms with Crippen molar-refractivity contribution in [2.75, 3.05) is 24.4 Å². The van der Waals surface area contributed by atoms with Gasteiger partial charge in [0.15, 0.2) is 12.7 Å². The number of hydrogen-bond donors (Lipinski definition) is 2. The fourth-order valence-electron chi connectivity index (χ4n) is 5.37. The van der Waals surface area contributed by atoms with Gasteiger partial charge in [0.2, 0.25) is 5.91 Å². The Balaban J connectivity index is 1.28. The maximum absolute atomic E-state index is 13.9. The second-order valence-corrected chi connectivity index (χ2v) is 13.3. The van der Waals surface area contributed by atoms with Gasteiger partial charge in [-0.05, 0) is 54.6 Å². The Bertz CT molecular complexity index is 1730. The van der Waals surface area contributed by atoms with E-state index in [1.165, 1.54) is 16.7 Å². The highest BCUT2D eigenvalue weighted by molar-refractivity contribution is 8.00. The molecule has 3 aromatic rings. The highest BCUT2D eigenvalue weighted by Crippen LogP contribution is 2.41. The summed E-state index contributed by atoms with van der Waals surface area (Å²) in [6.07, 6.45) is -0.854. The van der Waals surface area contributed by atoms with Gasteiger partial charge in [0.25, 0.3) is 5.91 Å². The Kier molecular flexibility index (Phi) is 11.2. The molecule has 14 heteroatoms. The number of carbonyl (C=O) groups excluding carboxylic acids is 4. The molecule has 2 heterocycles. The Morgan fingerprint density at radius 2 is 1.63 bits per heavy atom. The van der Waals surface area contributed by atoms with Crippen LogP contribution in [0.5, 0.6) is 0 Å². The molecule has 254 valence electrons. The van der Waals surface area contributed by atoms with Crippen LogP contribution >= 0.6 is 11.8 Å². The molecule has 0 bridgehead atoms. The van der Waals surface area contributed by atoms with E-state index < -0.39 is 46.9 Å². The first-order valence-corrected chi connectivity index (χ1v) is 16.6. The number of benzene rings is 3. The molecule has 1 saturated heterocycles. The van der Waals surface area contributed by atoms with Crippen LogP contribution in [0.15, 0.2) is 101 Å². The molecule has 3 aromatic carbocycles. The number of nitrogens with one attached hydrogen (secondary N) is 2. The summed E-state index contributed by atoms with van der Waals surface area (Å²) in [6, 6.07) is 24.5. The van der Waals surface area contributed by atoms with Gasteiger partial charge in [-0.15, -0.1) is 11.8 Å². The maximum atomic E-state index is 13.9. The van der Waals surface area contributed by atoms with Crippen LogP contribution in [0.25, 0.3) is 10.4 Å². The summed E-state index contributed by atoms with van der Waals surface area (Å²) in [5.41, 5.74) is 14.0. The van der Waals surface area contributed by atoms with Crippen molar-refractivity contribution >= 4 is 41.2 Å². The fraction of sp³-hybridized carbons (Fsp3) is 0.314. The van der Waals surface area contributed by atoms with Crippen molar-refractivity contribution in [1.29, 1.82) is 0 Å². The van der Waals surface area contributed by atoms with Crippen LogP contribution in [0.1, 0.15) is 43.6 Å². The predicted molar refractivity (Wildman–Crippen MR) is 182 cm³/mol. The number of fused-ring (bicyclic) bond motifs is 1. The van der Waals surface area contributed by atoms with Gasteiger partial charge in [-0.2, -0.15) is 0 Å². The molecule has 2 atom stereocenters. The van der Waals surface area contributed by atoms with E-state index in [1.807, 2.05) is 60.7 Å². The minimum atomic E-state index is -0.899. The lowest BCUT2D eigenvalue weighted by Gasteiger charge is -2.49. The van der Waals surface area contributed by atoms with Gasteiger partial charge in [0.1, 0.15) is 22.7 Å². The number of nitrogens with zero attached hydrogens (tertiary/aromatic N) is 4. The Morgan fingerprint density at radius 3 is 2.27 bits per heavy atom. The highest BCUT2D eigenvalue weighted by atomic mass is 32.2. The molecule has 0 aliphatic carbocycles. The van der Waals surface area contributed by atoms with E-state index in [9.17, 15) is 19.2 Å². The number of carbonyl (C=O) groups is 4. The minimum absolute atomic E-state index is 0.0141. The van der Waals surface area contributed by atoms with Crippen molar-refractivity contribution in [3.8, 4) is 0 Å². The number of para-hydroxylation sites is 1. The van der Waals surface area contributed by atoms with Crippen LogP contribution in [0, 0.1) is 0 Å². The van der Waals surface area contributed by atoms with Gasteiger partial charge >= 0.3 is 11.9 Å². The van der Waals surface area contributed by atoms with Crippen molar-refractivity contribution in [1.82, 2.24) is 10.2 Å². The van der Waals surface area contributed by atoms with E-state index in [1.54, 1.807) is 45.0 Å². The average molecular weight is 685 g/mol. The van der Waals surface area contributed by atoms with Gasteiger partial charge in [-0.3, -0.25) is 24.8 Å². The van der Waals surface area contributed by atoms with E-state index in [0.717, 1.165) is 11.1 Å². The molecule has 0 radical (unpaired) electrons. The highest BCUT2D eigenvalue weighted by Gasteiger charge is 2.54. The van der Waals surface area contributed by atoms with Crippen LogP contribution in [-0.4, -0.2) is 64.6 Å². The number of β-lactam (4-membered cyclic amide) rings is 1. The topological polar surface area (TPSA) is 172 Å². The third-order valence-electron chi connectivity index (χ3n) is 7.47. The second-order valence-electron chi connectivity index (χ2n) is 12.2. The number of rotatable bonds is 13. The SMILES string of the molecule is CC(C)(C)OC(=O)CONc1ccccc1CC(=O)N[C@@H]1C(=O)N2C(C(=O)OC(c3ccccc3)c3ccccc3)=C(CN=[N+]=[N-])CS[C@H]12. The monoisotopic (exact) mass is 684 g/mol. The number of anilines is 1. The first-order valence-electron chi connectivity index (χ1n) is 15.5. The largest absolute Gasteiger partial charge is 0.458 e. The van der Waals surface area contributed by atoms with Crippen LogP contribution in [0.2, 0.25) is 0 Å². The molecule has 0 saturated carbocycles. The van der Waals surface area contributed by atoms with E-state index in [-0.39, 0.29) is 31.0 Å². The lowest BCUT2D eigenvalue weighted by molar-refractivity contribution is -0.159. The number of hydrogen-bond acceptors (Lipinski definition) is 10. The zero-order valence-corrected chi connectivity index (χ0v) is 28.0. The summed E-state index contributed by atoms with van der Waals surface area (Å²) in [4.78, 5) is 62.2. The van der Waals surface area contributed by atoms with Crippen molar-refractivity contribution in [3.63, 3.8) is 0 Å². The Morgan fingerprint density at radius 1 is 1.00 bits per heavy atom. The van der Waals surface area contributed by atoms with Gasteiger partial charge in [0, 0.05) is 10.7 Å². The van der Waals surface area contributed by atoms with Crippen molar-refractivity contribution in [3.05, 3.63) is 123 Å². The molecule has 0 spiro atoms. The standard InChI is InChI=1S/C35H36N6O7S/c1-35(2,3)48-28(43)20-46-39-26-17-11-10-16-24(26)18-27(42)38-29-32(44)41-30(25(19-37-40-36)21-49-33(29)41)34(45)47-31(22-12-6-4-7-13-22)23-14-8-5-9-15-23/h4-17,29,31,33,39H,18-21H2,1-3H3,(H,38,42)/t29-,33-/m1/s1. The summed E-state index contributed by atoms with van der Waals surface area (Å²) in [7, 11) is 0. The molecule has 2 N–H and O–H groups in total. The van der Waals surface area contributed by atoms with Crippen LogP contribution in [0.3, 0.4) is 0 Å². The number of esters is 2. The number of ether oxygens (including phenoxy) is 2. The van der Waals surface area contributed by atoms with Crippen LogP contribution in [-0.2, 0) is 39.9 Å². The molecule has 0 unspecified atom stereocenters. The number of amides is 2. The van der Waals surface area contributed by atoms with Crippen molar-refractivity contribution in [2.45, 2.75) is 50.3 Å². The Labute approximate surface area is 287 Å². The van der Waals surface area contributed by atoms with E-state index in [0.29, 0.717) is 16.8 Å². The van der Waals surface area contributed by atoms with Crippen molar-refractivity contribution in [2.24, 2.45) is 5.11 Å². The quantitative estimate of drug-likeness (QED) is 0.0612. The molecule has 2 aliphatic rings. The summed E-state index contributed by atoms with van der Waals surface area (Å²) in [5.74, 6) is -1.92. The molecule has 2 aliphatic heterocycles. The molecule has 1 fully saturated rings. The summed E-state index contributed by atoms with van der Waals surface area (Å²) in [6.45, 7) is 4.79. The van der Waals surface area contributed by atoms with Gasteiger partial charge in [0.05, 0.1) is 18.7 Å². The van der Waals surface area contributed by atoms with Crippen LogP contribution < -0.4 is 10.8 Å². The lowest BCUT2D eigenvalue weighted by Crippen LogP contribution is -2.70. The number of thioether (sulfide) groups is 1. The van der Waals surface area contributed by atoms with Crippen molar-refractivity contribution < 1.29 is 33.5 Å².